The molecule has 1 aliphatic carbocycles. The van der Waals surface area contributed by atoms with Crippen molar-refractivity contribution < 1.29 is 14.7 Å². The molecule has 1 heterocycles. The van der Waals surface area contributed by atoms with Crippen molar-refractivity contribution in [2.75, 3.05) is 0 Å². The minimum absolute atomic E-state index is 0.0489. The molecular weight excluding hydrogens is 224 g/mol. The number of carbonyl (C=O) groups is 2. The van der Waals surface area contributed by atoms with Crippen molar-refractivity contribution in [1.82, 2.24) is 0 Å². The van der Waals surface area contributed by atoms with E-state index >= 15 is 0 Å². The summed E-state index contributed by atoms with van der Waals surface area (Å²) in [6, 6.07) is 3.85. The number of aryl methyl sites for hydroxylation is 1. The molecule has 16 heavy (non-hydrogen) atoms. The van der Waals surface area contributed by atoms with Gasteiger partial charge in [0.25, 0.3) is 0 Å². The highest BCUT2D eigenvalue weighted by atomic mass is 32.1. The Hall–Kier alpha value is -1.16. The van der Waals surface area contributed by atoms with Gasteiger partial charge in [0.2, 0.25) is 0 Å². The Kier molecular flexibility index (Phi) is 2.84. The SMILES string of the molecule is CCCc1ccc(C2(C(=O)O)CC(=O)C2)s1. The predicted molar refractivity (Wildman–Crippen MR) is 61.9 cm³/mol. The van der Waals surface area contributed by atoms with Crippen molar-refractivity contribution in [2.45, 2.75) is 38.0 Å². The van der Waals surface area contributed by atoms with Gasteiger partial charge in [0.1, 0.15) is 11.2 Å². The van der Waals surface area contributed by atoms with Crippen molar-refractivity contribution >= 4 is 23.1 Å². The van der Waals surface area contributed by atoms with Crippen LogP contribution in [-0.4, -0.2) is 16.9 Å². The van der Waals surface area contributed by atoms with E-state index in [2.05, 4.69) is 6.92 Å². The van der Waals surface area contributed by atoms with Crippen LogP contribution in [0.5, 0.6) is 0 Å². The van der Waals surface area contributed by atoms with Gasteiger partial charge in [0.05, 0.1) is 0 Å². The first-order valence-electron chi connectivity index (χ1n) is 5.43. The molecule has 4 heteroatoms. The summed E-state index contributed by atoms with van der Waals surface area (Å²) in [7, 11) is 0. The standard InChI is InChI=1S/C12H14O3S/c1-2-3-9-4-5-10(16-9)12(11(14)15)6-8(13)7-12/h4-5H,2-3,6-7H2,1H3,(H,14,15). The van der Waals surface area contributed by atoms with Gasteiger partial charge in [-0.1, -0.05) is 13.3 Å². The lowest BCUT2D eigenvalue weighted by molar-refractivity contribution is -0.153. The van der Waals surface area contributed by atoms with Crippen molar-refractivity contribution in [3.63, 3.8) is 0 Å². The molecule has 0 amide bonds. The lowest BCUT2D eigenvalue weighted by Crippen LogP contribution is -2.47. The lowest BCUT2D eigenvalue weighted by Gasteiger charge is -2.35. The van der Waals surface area contributed by atoms with Gasteiger partial charge in [-0.05, 0) is 18.6 Å². The molecule has 1 aliphatic rings. The molecule has 3 nitrogen and oxygen atoms in total. The number of Topliss-reactive ketones (excluding diaryl/α,β-unsaturated/α-hetero) is 1. The topological polar surface area (TPSA) is 54.4 Å². The van der Waals surface area contributed by atoms with Gasteiger partial charge in [-0.3, -0.25) is 9.59 Å². The molecule has 1 fully saturated rings. The number of ketones is 1. The van der Waals surface area contributed by atoms with E-state index in [0.29, 0.717) is 0 Å². The fourth-order valence-corrected chi connectivity index (χ4v) is 3.36. The van der Waals surface area contributed by atoms with Gasteiger partial charge in [0.15, 0.2) is 0 Å². The maximum absolute atomic E-state index is 11.3. The van der Waals surface area contributed by atoms with Crippen LogP contribution in [0.2, 0.25) is 0 Å². The first-order valence-corrected chi connectivity index (χ1v) is 6.24. The van der Waals surface area contributed by atoms with Crippen LogP contribution in [0.25, 0.3) is 0 Å². The fraction of sp³-hybridized carbons (Fsp3) is 0.500. The van der Waals surface area contributed by atoms with Crippen LogP contribution >= 0.6 is 11.3 Å². The van der Waals surface area contributed by atoms with Crippen LogP contribution in [0.15, 0.2) is 12.1 Å². The number of aliphatic carboxylic acids is 1. The van der Waals surface area contributed by atoms with E-state index in [1.165, 1.54) is 16.2 Å². The number of thiophene rings is 1. The van der Waals surface area contributed by atoms with Crippen LogP contribution in [0, 0.1) is 0 Å². The number of rotatable bonds is 4. The monoisotopic (exact) mass is 238 g/mol. The molecule has 0 unspecified atom stereocenters. The summed E-state index contributed by atoms with van der Waals surface area (Å²) < 4.78 is 0. The molecule has 2 rings (SSSR count). The third kappa shape index (κ3) is 1.67. The Balaban J connectivity index is 2.26. The molecule has 1 aromatic rings. The van der Waals surface area contributed by atoms with Crippen molar-refractivity contribution in [3.05, 3.63) is 21.9 Å². The highest BCUT2D eigenvalue weighted by Gasteiger charge is 2.52. The number of hydrogen-bond acceptors (Lipinski definition) is 3. The third-order valence-electron chi connectivity index (χ3n) is 3.04. The average Bonchev–Trinajstić information content (AvgIpc) is 2.61. The summed E-state index contributed by atoms with van der Waals surface area (Å²) >= 11 is 1.54. The van der Waals surface area contributed by atoms with E-state index in [1.54, 1.807) is 0 Å². The van der Waals surface area contributed by atoms with Crippen LogP contribution < -0.4 is 0 Å². The molecule has 1 N–H and O–H groups in total. The normalized spacial score (nSPS) is 18.2. The molecule has 86 valence electrons. The minimum Gasteiger partial charge on any atom is -0.481 e. The van der Waals surface area contributed by atoms with Gasteiger partial charge in [-0.25, -0.2) is 0 Å². The summed E-state index contributed by atoms with van der Waals surface area (Å²) in [4.78, 5) is 24.4. The van der Waals surface area contributed by atoms with Crippen LogP contribution in [0.3, 0.4) is 0 Å². The average molecular weight is 238 g/mol. The van der Waals surface area contributed by atoms with Gasteiger partial charge < -0.3 is 5.11 Å². The maximum atomic E-state index is 11.3. The zero-order valence-corrected chi connectivity index (χ0v) is 9.97. The van der Waals surface area contributed by atoms with Gasteiger partial charge in [0, 0.05) is 22.6 Å². The lowest BCUT2D eigenvalue weighted by atomic mass is 9.67. The second-order valence-corrected chi connectivity index (χ2v) is 5.46. The van der Waals surface area contributed by atoms with Crippen LogP contribution in [0.4, 0.5) is 0 Å². The molecule has 0 saturated heterocycles. The van der Waals surface area contributed by atoms with Gasteiger partial charge in [-0.2, -0.15) is 0 Å². The van der Waals surface area contributed by atoms with Crippen LogP contribution in [0.1, 0.15) is 35.9 Å². The predicted octanol–water partition coefficient (Wildman–Crippen LogP) is 2.39. The van der Waals surface area contributed by atoms with E-state index in [4.69, 9.17) is 0 Å². The molecule has 0 aliphatic heterocycles. The van der Waals surface area contributed by atoms with Crippen molar-refractivity contribution in [3.8, 4) is 0 Å². The summed E-state index contributed by atoms with van der Waals surface area (Å²) in [5, 5.41) is 9.25. The second kappa shape index (κ2) is 4.01. The molecule has 0 bridgehead atoms. The largest absolute Gasteiger partial charge is 0.481 e. The molecular formula is C12H14O3S. The van der Waals surface area contributed by atoms with E-state index in [-0.39, 0.29) is 18.6 Å². The fourth-order valence-electron chi connectivity index (χ4n) is 2.07. The van der Waals surface area contributed by atoms with E-state index in [9.17, 15) is 14.7 Å². The highest BCUT2D eigenvalue weighted by molar-refractivity contribution is 7.12. The Morgan fingerprint density at radius 2 is 2.19 bits per heavy atom. The Morgan fingerprint density at radius 3 is 2.69 bits per heavy atom. The zero-order chi connectivity index (χ0) is 11.8. The minimum atomic E-state index is -0.909. The van der Waals surface area contributed by atoms with Crippen molar-refractivity contribution in [1.29, 1.82) is 0 Å². The molecule has 1 aromatic heterocycles. The smallest absolute Gasteiger partial charge is 0.315 e. The Bertz CT molecular complexity index is 425. The van der Waals surface area contributed by atoms with Crippen molar-refractivity contribution in [2.24, 2.45) is 0 Å². The first-order chi connectivity index (χ1) is 7.58. The van der Waals surface area contributed by atoms with E-state index < -0.39 is 11.4 Å². The number of carboxylic acid groups (broad SMARTS) is 1. The zero-order valence-electron chi connectivity index (χ0n) is 9.16. The quantitative estimate of drug-likeness (QED) is 0.876. The van der Waals surface area contributed by atoms with Gasteiger partial charge >= 0.3 is 5.97 Å². The summed E-state index contributed by atoms with van der Waals surface area (Å²) in [5.41, 5.74) is -0.909. The van der Waals surface area contributed by atoms with Crippen LogP contribution in [-0.2, 0) is 21.4 Å². The molecule has 0 radical (unpaired) electrons. The second-order valence-electron chi connectivity index (χ2n) is 4.30. The number of hydrogen-bond donors (Lipinski definition) is 1. The summed E-state index contributed by atoms with van der Waals surface area (Å²) in [6.07, 6.45) is 2.36. The summed E-state index contributed by atoms with van der Waals surface area (Å²) in [6.45, 7) is 2.10. The Labute approximate surface area is 98.1 Å². The van der Waals surface area contributed by atoms with Gasteiger partial charge in [-0.15, -0.1) is 11.3 Å². The third-order valence-corrected chi connectivity index (χ3v) is 4.39. The van der Waals surface area contributed by atoms with E-state index in [0.717, 1.165) is 17.7 Å². The molecule has 1 saturated carbocycles. The summed E-state index contributed by atoms with van der Waals surface area (Å²) in [5.74, 6) is -0.815. The number of carbonyl (C=O) groups excluding carboxylic acids is 1. The molecule has 0 atom stereocenters. The first kappa shape index (κ1) is 11.3. The Morgan fingerprint density at radius 1 is 1.50 bits per heavy atom. The molecule has 0 aromatic carbocycles. The maximum Gasteiger partial charge on any atom is 0.315 e. The highest BCUT2D eigenvalue weighted by Crippen LogP contribution is 2.44. The van der Waals surface area contributed by atoms with E-state index in [1.807, 2.05) is 12.1 Å². The molecule has 0 spiro atoms. The number of carboxylic acids is 1.